The van der Waals surface area contributed by atoms with E-state index in [-0.39, 0.29) is 0 Å². The van der Waals surface area contributed by atoms with Crippen LogP contribution in [-0.2, 0) is 11.3 Å². The molecule has 1 amide bonds. The van der Waals surface area contributed by atoms with E-state index in [9.17, 15) is 4.79 Å². The van der Waals surface area contributed by atoms with Crippen LogP contribution >= 0.6 is 0 Å². The van der Waals surface area contributed by atoms with Crippen LogP contribution in [0.15, 0.2) is 30.3 Å². The van der Waals surface area contributed by atoms with Crippen LogP contribution < -0.4 is 11.1 Å². The Hall–Kier alpha value is -1.55. The average molecular weight is 264 g/mol. The molecule has 0 aliphatic carbocycles. The van der Waals surface area contributed by atoms with Crippen molar-refractivity contribution in [1.82, 2.24) is 5.32 Å². The summed E-state index contributed by atoms with van der Waals surface area (Å²) in [5, 5.41) is 3.32. The van der Waals surface area contributed by atoms with Crippen LogP contribution in [-0.4, -0.2) is 18.2 Å². The minimum Gasteiger partial charge on any atom is -0.442 e. The van der Waals surface area contributed by atoms with Gasteiger partial charge in [-0.2, -0.15) is 0 Å². The van der Waals surface area contributed by atoms with Crippen molar-refractivity contribution in [2.45, 2.75) is 45.3 Å². The van der Waals surface area contributed by atoms with Crippen molar-refractivity contribution < 1.29 is 9.53 Å². The molecule has 19 heavy (non-hydrogen) atoms. The Labute approximate surface area is 115 Å². The third-order valence-electron chi connectivity index (χ3n) is 3.08. The Morgan fingerprint density at radius 1 is 1.37 bits per heavy atom. The molecule has 1 aromatic carbocycles. The summed E-state index contributed by atoms with van der Waals surface area (Å²) >= 11 is 0. The fraction of sp³-hybridized carbons (Fsp3) is 0.533. The van der Waals surface area contributed by atoms with Gasteiger partial charge in [-0.25, -0.2) is 4.79 Å². The van der Waals surface area contributed by atoms with Crippen LogP contribution in [0, 0.1) is 0 Å². The summed E-state index contributed by atoms with van der Waals surface area (Å²) in [4.78, 5) is 11.0. The Kier molecular flexibility index (Phi) is 6.36. The third-order valence-corrected chi connectivity index (χ3v) is 3.08. The molecule has 1 rings (SSSR count). The Bertz CT molecular complexity index is 381. The Morgan fingerprint density at radius 3 is 2.63 bits per heavy atom. The molecule has 1 aromatic rings. The molecule has 106 valence electrons. The first-order valence-corrected chi connectivity index (χ1v) is 6.79. The second-order valence-corrected chi connectivity index (χ2v) is 5.06. The number of carbonyl (C=O) groups excluding carboxylic acids is 1. The molecule has 0 aliphatic heterocycles. The van der Waals surface area contributed by atoms with Gasteiger partial charge in [0, 0.05) is 13.1 Å². The van der Waals surface area contributed by atoms with Crippen LogP contribution in [0.4, 0.5) is 4.79 Å². The maximum absolute atomic E-state index is 11.0. The maximum atomic E-state index is 11.0. The van der Waals surface area contributed by atoms with Crippen LogP contribution in [0.3, 0.4) is 0 Å². The predicted molar refractivity (Wildman–Crippen MR) is 76.7 cm³/mol. The smallest absolute Gasteiger partial charge is 0.405 e. The molecule has 3 N–H and O–H groups in total. The van der Waals surface area contributed by atoms with E-state index in [2.05, 4.69) is 24.4 Å². The number of benzene rings is 1. The van der Waals surface area contributed by atoms with Gasteiger partial charge in [-0.05, 0) is 25.3 Å². The molecule has 4 heteroatoms. The van der Waals surface area contributed by atoms with Gasteiger partial charge in [-0.1, -0.05) is 43.7 Å². The van der Waals surface area contributed by atoms with E-state index in [1.807, 2.05) is 25.1 Å². The van der Waals surface area contributed by atoms with Crippen molar-refractivity contribution in [3.8, 4) is 0 Å². The summed E-state index contributed by atoms with van der Waals surface area (Å²) in [7, 11) is 0. The van der Waals surface area contributed by atoms with Gasteiger partial charge in [0.2, 0.25) is 0 Å². The largest absolute Gasteiger partial charge is 0.442 e. The van der Waals surface area contributed by atoms with Gasteiger partial charge in [-0.3, -0.25) is 0 Å². The van der Waals surface area contributed by atoms with Gasteiger partial charge >= 0.3 is 6.09 Å². The molecule has 1 atom stereocenters. The van der Waals surface area contributed by atoms with Crippen LogP contribution in [0.5, 0.6) is 0 Å². The first-order valence-electron chi connectivity index (χ1n) is 6.79. The summed E-state index contributed by atoms with van der Waals surface area (Å²) in [6, 6.07) is 10.1. The number of hydrogen-bond acceptors (Lipinski definition) is 3. The summed E-state index contributed by atoms with van der Waals surface area (Å²) < 4.78 is 5.25. The highest BCUT2D eigenvalue weighted by atomic mass is 16.6. The van der Waals surface area contributed by atoms with E-state index in [1.165, 1.54) is 5.56 Å². The summed E-state index contributed by atoms with van der Waals surface area (Å²) in [5.74, 6) is 0. The van der Waals surface area contributed by atoms with E-state index in [0.717, 1.165) is 25.8 Å². The van der Waals surface area contributed by atoms with E-state index in [0.29, 0.717) is 6.54 Å². The zero-order valence-electron chi connectivity index (χ0n) is 11.8. The molecule has 0 aliphatic rings. The molecule has 0 aromatic heterocycles. The lowest BCUT2D eigenvalue weighted by Crippen LogP contribution is -2.43. The SMILES string of the molecule is CCCCC(C)(CNCc1ccccc1)OC(N)=O. The normalized spacial score (nSPS) is 13.8. The highest BCUT2D eigenvalue weighted by Crippen LogP contribution is 2.18. The molecule has 0 saturated carbocycles. The number of hydrogen-bond donors (Lipinski definition) is 2. The van der Waals surface area contributed by atoms with Crippen LogP contribution in [0.2, 0.25) is 0 Å². The molecular weight excluding hydrogens is 240 g/mol. The fourth-order valence-electron chi connectivity index (χ4n) is 2.04. The van der Waals surface area contributed by atoms with Gasteiger partial charge in [0.15, 0.2) is 0 Å². The van der Waals surface area contributed by atoms with E-state index in [4.69, 9.17) is 10.5 Å². The molecule has 0 radical (unpaired) electrons. The van der Waals surface area contributed by atoms with Gasteiger partial charge in [0.05, 0.1) is 0 Å². The lowest BCUT2D eigenvalue weighted by molar-refractivity contribution is 0.0229. The zero-order valence-corrected chi connectivity index (χ0v) is 11.8. The average Bonchev–Trinajstić information content (AvgIpc) is 2.37. The number of unbranched alkanes of at least 4 members (excludes halogenated alkanes) is 1. The summed E-state index contributed by atoms with van der Waals surface area (Å²) in [6.07, 6.45) is 2.18. The molecule has 0 fully saturated rings. The third kappa shape index (κ3) is 6.25. The van der Waals surface area contributed by atoms with Crippen molar-refractivity contribution in [2.75, 3.05) is 6.54 Å². The number of carbonyl (C=O) groups is 1. The first kappa shape index (κ1) is 15.5. The minimum absolute atomic E-state index is 0.531. The van der Waals surface area contributed by atoms with E-state index < -0.39 is 11.7 Å². The van der Waals surface area contributed by atoms with Crippen molar-refractivity contribution >= 4 is 6.09 Å². The number of amides is 1. The predicted octanol–water partition coefficient (Wildman–Crippen LogP) is 2.82. The molecule has 4 nitrogen and oxygen atoms in total. The van der Waals surface area contributed by atoms with Crippen molar-refractivity contribution in [3.05, 3.63) is 35.9 Å². The number of rotatable bonds is 8. The number of nitrogens with two attached hydrogens (primary N) is 1. The van der Waals surface area contributed by atoms with Crippen molar-refractivity contribution in [1.29, 1.82) is 0 Å². The van der Waals surface area contributed by atoms with Gasteiger partial charge < -0.3 is 15.8 Å². The van der Waals surface area contributed by atoms with Crippen molar-refractivity contribution in [2.24, 2.45) is 5.73 Å². The maximum Gasteiger partial charge on any atom is 0.405 e. The molecule has 0 bridgehead atoms. The second-order valence-electron chi connectivity index (χ2n) is 5.06. The minimum atomic E-state index is -0.708. The lowest BCUT2D eigenvalue weighted by Gasteiger charge is -2.29. The highest BCUT2D eigenvalue weighted by Gasteiger charge is 2.26. The molecule has 0 heterocycles. The fourth-order valence-corrected chi connectivity index (χ4v) is 2.04. The lowest BCUT2D eigenvalue weighted by atomic mass is 9.98. The van der Waals surface area contributed by atoms with Gasteiger partial charge in [0.25, 0.3) is 0 Å². The standard InChI is InChI=1S/C15H24N2O2/c1-3-4-10-15(2,19-14(16)18)12-17-11-13-8-6-5-7-9-13/h5-9,17H,3-4,10-12H2,1-2H3,(H2,16,18). The molecule has 1 unspecified atom stereocenters. The first-order chi connectivity index (χ1) is 9.06. The number of ether oxygens (including phenoxy) is 1. The van der Waals surface area contributed by atoms with Gasteiger partial charge in [-0.15, -0.1) is 0 Å². The molecule has 0 saturated heterocycles. The topological polar surface area (TPSA) is 64.3 Å². The summed E-state index contributed by atoms with van der Waals surface area (Å²) in [6.45, 7) is 5.39. The van der Waals surface area contributed by atoms with Crippen LogP contribution in [0.1, 0.15) is 38.7 Å². The number of nitrogens with one attached hydrogen (secondary N) is 1. The van der Waals surface area contributed by atoms with Crippen molar-refractivity contribution in [3.63, 3.8) is 0 Å². The quantitative estimate of drug-likeness (QED) is 0.759. The van der Waals surface area contributed by atoms with E-state index >= 15 is 0 Å². The molecule has 0 spiro atoms. The van der Waals surface area contributed by atoms with Gasteiger partial charge in [0.1, 0.15) is 5.60 Å². The Morgan fingerprint density at radius 2 is 2.05 bits per heavy atom. The zero-order chi connectivity index (χ0) is 14.1. The molecular formula is C15H24N2O2. The van der Waals surface area contributed by atoms with E-state index in [1.54, 1.807) is 0 Å². The second kappa shape index (κ2) is 7.79. The Balaban J connectivity index is 2.46. The van der Waals surface area contributed by atoms with Crippen LogP contribution in [0.25, 0.3) is 0 Å². The number of primary amides is 1. The monoisotopic (exact) mass is 264 g/mol. The highest BCUT2D eigenvalue weighted by molar-refractivity contribution is 5.65. The summed E-state index contributed by atoms with van der Waals surface area (Å²) in [5.41, 5.74) is 5.82.